The van der Waals surface area contributed by atoms with Crippen molar-refractivity contribution >= 4 is 28.6 Å². The lowest BCUT2D eigenvalue weighted by molar-refractivity contribution is -0.111. The maximum Gasteiger partial charge on any atom is 0.248 e. The molecule has 0 saturated carbocycles. The van der Waals surface area contributed by atoms with Crippen LogP contribution in [0.1, 0.15) is 5.56 Å². The van der Waals surface area contributed by atoms with Gasteiger partial charge in [-0.25, -0.2) is 0 Å². The maximum absolute atomic E-state index is 12.5. The van der Waals surface area contributed by atoms with Gasteiger partial charge in [0.05, 0.1) is 25.2 Å². The summed E-state index contributed by atoms with van der Waals surface area (Å²) in [6.07, 6.45) is 4.03. The van der Waals surface area contributed by atoms with Gasteiger partial charge in [-0.1, -0.05) is 0 Å². The Morgan fingerprint density at radius 1 is 1.04 bits per heavy atom. The molecule has 6 nitrogen and oxygen atoms in total. The van der Waals surface area contributed by atoms with Crippen molar-refractivity contribution in [3.8, 4) is 11.5 Å². The molecule has 0 aliphatic carbocycles. The van der Waals surface area contributed by atoms with Gasteiger partial charge in [-0.3, -0.25) is 9.59 Å². The van der Waals surface area contributed by atoms with E-state index in [1.807, 2.05) is 0 Å². The van der Waals surface area contributed by atoms with Crippen molar-refractivity contribution in [3.63, 3.8) is 0 Å². The van der Waals surface area contributed by atoms with Crippen LogP contribution in [-0.2, 0) is 4.79 Å². The molecule has 0 fully saturated rings. The van der Waals surface area contributed by atoms with Gasteiger partial charge in [0.25, 0.3) is 0 Å². The molecule has 132 valence electrons. The number of anilines is 1. The number of methoxy groups -OCH3 is 2. The Kier molecular flexibility index (Phi) is 5.03. The fourth-order valence-corrected chi connectivity index (χ4v) is 2.39. The summed E-state index contributed by atoms with van der Waals surface area (Å²) in [7, 11) is 3.11. The Balaban J connectivity index is 1.77. The first-order valence-electron chi connectivity index (χ1n) is 7.83. The van der Waals surface area contributed by atoms with Crippen LogP contribution in [0.25, 0.3) is 17.0 Å². The van der Waals surface area contributed by atoms with E-state index in [9.17, 15) is 9.59 Å². The molecule has 0 aliphatic heterocycles. The number of benzene rings is 2. The van der Waals surface area contributed by atoms with E-state index in [-0.39, 0.29) is 16.9 Å². The zero-order valence-corrected chi connectivity index (χ0v) is 14.3. The molecular weight excluding hydrogens is 334 g/mol. The van der Waals surface area contributed by atoms with E-state index < -0.39 is 0 Å². The molecule has 0 unspecified atom stereocenters. The van der Waals surface area contributed by atoms with Crippen molar-refractivity contribution in [1.82, 2.24) is 0 Å². The van der Waals surface area contributed by atoms with E-state index in [0.29, 0.717) is 28.2 Å². The Bertz CT molecular complexity index is 1020. The predicted molar refractivity (Wildman–Crippen MR) is 99.7 cm³/mol. The maximum atomic E-state index is 12.5. The van der Waals surface area contributed by atoms with Gasteiger partial charge in [0.1, 0.15) is 23.3 Å². The highest BCUT2D eigenvalue weighted by Crippen LogP contribution is 2.19. The summed E-state index contributed by atoms with van der Waals surface area (Å²) in [6, 6.07) is 11.9. The average Bonchev–Trinajstić information content (AvgIpc) is 2.67. The van der Waals surface area contributed by atoms with Gasteiger partial charge in [0.15, 0.2) is 5.43 Å². The van der Waals surface area contributed by atoms with Crippen LogP contribution in [0, 0.1) is 0 Å². The highest BCUT2D eigenvalue weighted by atomic mass is 16.5. The quantitative estimate of drug-likeness (QED) is 0.712. The van der Waals surface area contributed by atoms with Crippen LogP contribution in [0.3, 0.4) is 0 Å². The second-order valence-corrected chi connectivity index (χ2v) is 5.43. The number of hydrogen-bond acceptors (Lipinski definition) is 5. The van der Waals surface area contributed by atoms with Crippen LogP contribution in [-0.4, -0.2) is 20.1 Å². The number of amides is 1. The number of fused-ring (bicyclic) bond motifs is 1. The van der Waals surface area contributed by atoms with Crippen LogP contribution in [0.4, 0.5) is 5.69 Å². The van der Waals surface area contributed by atoms with Crippen molar-refractivity contribution in [2.75, 3.05) is 19.5 Å². The number of nitrogens with one attached hydrogen (secondary N) is 1. The van der Waals surface area contributed by atoms with Gasteiger partial charge in [0.2, 0.25) is 5.91 Å². The number of ether oxygens (including phenoxy) is 2. The van der Waals surface area contributed by atoms with Gasteiger partial charge in [-0.15, -0.1) is 0 Å². The van der Waals surface area contributed by atoms with Crippen molar-refractivity contribution in [2.24, 2.45) is 0 Å². The fourth-order valence-electron chi connectivity index (χ4n) is 2.39. The summed E-state index contributed by atoms with van der Waals surface area (Å²) >= 11 is 0. The van der Waals surface area contributed by atoms with Crippen LogP contribution in [0.5, 0.6) is 11.5 Å². The normalized spacial score (nSPS) is 10.8. The van der Waals surface area contributed by atoms with Gasteiger partial charge >= 0.3 is 0 Å². The number of hydrogen-bond donors (Lipinski definition) is 1. The Morgan fingerprint density at radius 2 is 1.73 bits per heavy atom. The van der Waals surface area contributed by atoms with Crippen LogP contribution in [0.15, 0.2) is 64.0 Å². The third-order valence-electron chi connectivity index (χ3n) is 3.78. The summed E-state index contributed by atoms with van der Waals surface area (Å²) < 4.78 is 15.6. The van der Waals surface area contributed by atoms with E-state index in [1.54, 1.807) is 49.6 Å². The van der Waals surface area contributed by atoms with E-state index >= 15 is 0 Å². The monoisotopic (exact) mass is 351 g/mol. The number of rotatable bonds is 5. The van der Waals surface area contributed by atoms with E-state index in [4.69, 9.17) is 13.9 Å². The van der Waals surface area contributed by atoms with Crippen LogP contribution in [0.2, 0.25) is 0 Å². The first kappa shape index (κ1) is 17.3. The minimum atomic E-state index is -0.357. The smallest absolute Gasteiger partial charge is 0.248 e. The molecule has 3 rings (SSSR count). The molecule has 0 aliphatic rings. The summed E-state index contributed by atoms with van der Waals surface area (Å²) in [5.74, 6) is 0.941. The number of carbonyl (C=O) groups excluding carboxylic acids is 1. The Hall–Kier alpha value is -3.54. The average molecular weight is 351 g/mol. The van der Waals surface area contributed by atoms with Crippen LogP contribution >= 0.6 is 0 Å². The zero-order valence-electron chi connectivity index (χ0n) is 14.3. The molecule has 1 heterocycles. The van der Waals surface area contributed by atoms with Gasteiger partial charge in [0, 0.05) is 17.8 Å². The predicted octanol–water partition coefficient (Wildman–Crippen LogP) is 3.46. The standard InChI is InChI=1S/C20H17NO5/c1-24-15-6-4-14(5-7-15)21-19(22)10-3-13-12-26-18-11-16(25-2)8-9-17(18)20(13)23/h3-12H,1-2H3,(H,21,22)/b10-3+. The summed E-state index contributed by atoms with van der Waals surface area (Å²) in [4.78, 5) is 24.5. The van der Waals surface area contributed by atoms with Gasteiger partial charge in [-0.05, 0) is 42.5 Å². The topological polar surface area (TPSA) is 77.8 Å². The lowest BCUT2D eigenvalue weighted by Gasteiger charge is -2.04. The third kappa shape index (κ3) is 3.75. The van der Waals surface area contributed by atoms with E-state index in [1.165, 1.54) is 25.5 Å². The third-order valence-corrected chi connectivity index (χ3v) is 3.78. The molecule has 26 heavy (non-hydrogen) atoms. The second-order valence-electron chi connectivity index (χ2n) is 5.43. The van der Waals surface area contributed by atoms with Crippen LogP contribution < -0.4 is 20.2 Å². The molecule has 3 aromatic rings. The second kappa shape index (κ2) is 7.57. The molecule has 1 N–H and O–H groups in total. The van der Waals surface area contributed by atoms with E-state index in [2.05, 4.69) is 5.32 Å². The molecule has 0 spiro atoms. The highest BCUT2D eigenvalue weighted by molar-refractivity contribution is 6.02. The molecule has 0 radical (unpaired) electrons. The Labute approximate surface area is 149 Å². The zero-order chi connectivity index (χ0) is 18.5. The molecule has 0 saturated heterocycles. The highest BCUT2D eigenvalue weighted by Gasteiger charge is 2.07. The molecule has 0 atom stereocenters. The minimum Gasteiger partial charge on any atom is -0.497 e. The lowest BCUT2D eigenvalue weighted by Crippen LogP contribution is -2.09. The van der Waals surface area contributed by atoms with Crippen molar-refractivity contribution in [2.45, 2.75) is 0 Å². The largest absolute Gasteiger partial charge is 0.497 e. The summed E-state index contributed by atoms with van der Waals surface area (Å²) in [5, 5.41) is 3.12. The van der Waals surface area contributed by atoms with Gasteiger partial charge < -0.3 is 19.2 Å². The molecular formula is C20H17NO5. The molecule has 1 aromatic heterocycles. The van der Waals surface area contributed by atoms with E-state index in [0.717, 1.165) is 0 Å². The number of carbonyl (C=O) groups is 1. The lowest BCUT2D eigenvalue weighted by atomic mass is 10.1. The molecule has 2 aromatic carbocycles. The Morgan fingerprint density at radius 3 is 2.42 bits per heavy atom. The van der Waals surface area contributed by atoms with Crippen molar-refractivity contribution in [1.29, 1.82) is 0 Å². The summed E-state index contributed by atoms with van der Waals surface area (Å²) in [5.41, 5.74) is 1.11. The fraction of sp³-hybridized carbons (Fsp3) is 0.100. The summed E-state index contributed by atoms with van der Waals surface area (Å²) in [6.45, 7) is 0. The van der Waals surface area contributed by atoms with Gasteiger partial charge in [-0.2, -0.15) is 0 Å². The van der Waals surface area contributed by atoms with Crippen molar-refractivity contribution < 1.29 is 18.7 Å². The molecule has 0 bridgehead atoms. The SMILES string of the molecule is COc1ccc(NC(=O)/C=C/c2coc3cc(OC)ccc3c2=O)cc1. The molecule has 1 amide bonds. The van der Waals surface area contributed by atoms with Crippen molar-refractivity contribution in [3.05, 3.63) is 70.6 Å². The molecule has 6 heteroatoms. The first-order chi connectivity index (χ1) is 12.6. The minimum absolute atomic E-state index is 0.220. The first-order valence-corrected chi connectivity index (χ1v) is 7.83.